The van der Waals surface area contributed by atoms with Crippen LogP contribution in [0.4, 0.5) is 0 Å². The number of benzene rings is 1. The predicted octanol–water partition coefficient (Wildman–Crippen LogP) is 2.95. The van der Waals surface area contributed by atoms with Gasteiger partial charge in [0.05, 0.1) is 12.6 Å². The number of hydrogen-bond acceptors (Lipinski definition) is 4. The molecule has 0 radical (unpaired) electrons. The first-order valence-electron chi connectivity index (χ1n) is 9.71. The first kappa shape index (κ1) is 16.7. The lowest BCUT2D eigenvalue weighted by atomic mass is 10.1. The Morgan fingerprint density at radius 2 is 1.76 bits per heavy atom. The number of nitrogens with zero attached hydrogens (tertiary/aromatic N) is 5. The molecular weight excluding hydrogens is 310 g/mol. The van der Waals surface area contributed by atoms with Crippen LogP contribution in [0.2, 0.25) is 0 Å². The molecule has 0 bridgehead atoms. The molecule has 0 N–H and O–H groups in total. The van der Waals surface area contributed by atoms with Crippen molar-refractivity contribution in [3.05, 3.63) is 48.0 Å². The molecule has 2 fully saturated rings. The van der Waals surface area contributed by atoms with Crippen molar-refractivity contribution in [3.8, 4) is 0 Å². The van der Waals surface area contributed by atoms with E-state index in [1.54, 1.807) is 0 Å². The second-order valence-corrected chi connectivity index (χ2v) is 7.49. The van der Waals surface area contributed by atoms with Gasteiger partial charge >= 0.3 is 0 Å². The van der Waals surface area contributed by atoms with Gasteiger partial charge in [-0.05, 0) is 25.3 Å². The van der Waals surface area contributed by atoms with E-state index in [2.05, 4.69) is 61.8 Å². The maximum Gasteiger partial charge on any atom is 0.150 e. The molecule has 25 heavy (non-hydrogen) atoms. The Kier molecular flexibility index (Phi) is 5.13. The van der Waals surface area contributed by atoms with Crippen LogP contribution < -0.4 is 0 Å². The fraction of sp³-hybridized carbons (Fsp3) is 0.600. The maximum atomic E-state index is 4.44. The Morgan fingerprint density at radius 1 is 1.04 bits per heavy atom. The lowest BCUT2D eigenvalue weighted by Crippen LogP contribution is -2.50. The molecule has 2 aromatic rings. The normalized spacial score (nSPS) is 21.6. The van der Waals surface area contributed by atoms with Gasteiger partial charge in [-0.1, -0.05) is 43.2 Å². The van der Waals surface area contributed by atoms with E-state index >= 15 is 0 Å². The molecule has 1 aromatic heterocycles. The van der Waals surface area contributed by atoms with Gasteiger partial charge in [0, 0.05) is 32.2 Å². The van der Waals surface area contributed by atoms with Gasteiger partial charge in [-0.15, -0.1) is 10.2 Å². The van der Waals surface area contributed by atoms with E-state index in [4.69, 9.17) is 0 Å². The second kappa shape index (κ2) is 7.67. The van der Waals surface area contributed by atoms with Crippen LogP contribution in [0.3, 0.4) is 0 Å². The topological polar surface area (TPSA) is 37.2 Å². The van der Waals surface area contributed by atoms with E-state index in [0.717, 1.165) is 31.5 Å². The van der Waals surface area contributed by atoms with Gasteiger partial charge in [0.25, 0.3) is 0 Å². The Morgan fingerprint density at radius 3 is 2.48 bits per heavy atom. The highest BCUT2D eigenvalue weighted by Gasteiger charge is 2.29. The summed E-state index contributed by atoms with van der Waals surface area (Å²) in [4.78, 5) is 5.28. The highest BCUT2D eigenvalue weighted by molar-refractivity contribution is 5.15. The van der Waals surface area contributed by atoms with Crippen molar-refractivity contribution in [2.45, 2.75) is 51.2 Å². The molecule has 0 amide bonds. The predicted molar refractivity (Wildman–Crippen MR) is 99.4 cm³/mol. The quantitative estimate of drug-likeness (QED) is 0.839. The van der Waals surface area contributed by atoms with E-state index in [-0.39, 0.29) is 0 Å². The van der Waals surface area contributed by atoms with Crippen LogP contribution in [0.15, 0.2) is 36.7 Å². The molecule has 2 aliphatic rings. The highest BCUT2D eigenvalue weighted by Crippen LogP contribution is 2.26. The van der Waals surface area contributed by atoms with Gasteiger partial charge in [0.15, 0.2) is 0 Å². The summed E-state index contributed by atoms with van der Waals surface area (Å²) < 4.78 is 2.20. The lowest BCUT2D eigenvalue weighted by Gasteiger charge is -2.40. The summed E-state index contributed by atoms with van der Waals surface area (Å²) in [6, 6.07) is 11.7. The summed E-state index contributed by atoms with van der Waals surface area (Å²) in [5.74, 6) is 1.08. The summed E-state index contributed by atoms with van der Waals surface area (Å²) in [5.41, 5.74) is 1.29. The van der Waals surface area contributed by atoms with E-state index in [9.17, 15) is 0 Å². The smallest absolute Gasteiger partial charge is 0.150 e. The van der Waals surface area contributed by atoms with Crippen molar-refractivity contribution in [1.82, 2.24) is 24.6 Å². The van der Waals surface area contributed by atoms with Gasteiger partial charge in [-0.25, -0.2) is 0 Å². The Hall–Kier alpha value is -1.72. The van der Waals surface area contributed by atoms with Crippen LogP contribution in [0.25, 0.3) is 0 Å². The zero-order chi connectivity index (χ0) is 17.1. The van der Waals surface area contributed by atoms with Crippen LogP contribution in [0.1, 0.15) is 50.0 Å². The van der Waals surface area contributed by atoms with Gasteiger partial charge in [0.2, 0.25) is 0 Å². The molecule has 1 aromatic carbocycles. The molecule has 134 valence electrons. The minimum absolute atomic E-state index is 0.317. The first-order valence-corrected chi connectivity index (χ1v) is 9.71. The van der Waals surface area contributed by atoms with Gasteiger partial charge in [-0.2, -0.15) is 0 Å². The van der Waals surface area contributed by atoms with E-state index < -0.39 is 0 Å². The summed E-state index contributed by atoms with van der Waals surface area (Å²) in [7, 11) is 0. The maximum absolute atomic E-state index is 4.44. The minimum atomic E-state index is 0.317. The van der Waals surface area contributed by atoms with E-state index in [1.165, 1.54) is 44.3 Å². The van der Waals surface area contributed by atoms with Gasteiger partial charge in [-0.3, -0.25) is 9.80 Å². The molecule has 0 spiro atoms. The van der Waals surface area contributed by atoms with Gasteiger partial charge in [0.1, 0.15) is 12.2 Å². The number of hydrogen-bond donors (Lipinski definition) is 0. The third-order valence-electron chi connectivity index (χ3n) is 5.95. The molecular formula is C20H29N5. The number of rotatable bonds is 5. The average Bonchev–Trinajstić information content (AvgIpc) is 3.34. The molecule has 1 aliphatic carbocycles. The number of aromatic nitrogens is 3. The molecule has 1 saturated carbocycles. The number of piperazine rings is 1. The minimum Gasteiger partial charge on any atom is -0.312 e. The molecule has 1 saturated heterocycles. The molecule has 2 heterocycles. The third-order valence-corrected chi connectivity index (χ3v) is 5.95. The summed E-state index contributed by atoms with van der Waals surface area (Å²) in [5, 5.41) is 8.63. The highest BCUT2D eigenvalue weighted by atomic mass is 15.3. The largest absolute Gasteiger partial charge is 0.312 e. The molecule has 1 unspecified atom stereocenters. The van der Waals surface area contributed by atoms with Crippen LogP contribution >= 0.6 is 0 Å². The van der Waals surface area contributed by atoms with Crippen molar-refractivity contribution in [2.24, 2.45) is 0 Å². The SMILES string of the molecule is CC(c1nncn1Cc1ccccc1)N1CCN(C2CCCC2)CC1. The van der Waals surface area contributed by atoms with Crippen LogP contribution in [-0.2, 0) is 6.54 Å². The zero-order valence-corrected chi connectivity index (χ0v) is 15.2. The van der Waals surface area contributed by atoms with E-state index in [1.807, 2.05) is 6.33 Å². The third kappa shape index (κ3) is 3.77. The Labute approximate surface area is 150 Å². The standard InChI is InChI=1S/C20H29N5/c1-17(23-11-13-24(14-12-23)19-9-5-6-10-19)20-22-21-16-25(20)15-18-7-3-2-4-8-18/h2-4,7-8,16-17,19H,5-6,9-15H2,1H3. The van der Waals surface area contributed by atoms with Crippen molar-refractivity contribution >= 4 is 0 Å². The first-order chi connectivity index (χ1) is 12.3. The van der Waals surface area contributed by atoms with Crippen molar-refractivity contribution in [2.75, 3.05) is 26.2 Å². The molecule has 1 atom stereocenters. The monoisotopic (exact) mass is 339 g/mol. The molecule has 5 nitrogen and oxygen atoms in total. The molecule has 4 rings (SSSR count). The Balaban J connectivity index is 1.38. The lowest BCUT2D eigenvalue weighted by molar-refractivity contribution is 0.0716. The van der Waals surface area contributed by atoms with E-state index in [0.29, 0.717) is 6.04 Å². The van der Waals surface area contributed by atoms with Crippen LogP contribution in [0.5, 0.6) is 0 Å². The fourth-order valence-electron chi connectivity index (χ4n) is 4.41. The second-order valence-electron chi connectivity index (χ2n) is 7.49. The van der Waals surface area contributed by atoms with Crippen LogP contribution in [-0.4, -0.2) is 56.8 Å². The molecule has 5 heteroatoms. The molecule has 1 aliphatic heterocycles. The average molecular weight is 339 g/mol. The Bertz CT molecular complexity index is 654. The zero-order valence-electron chi connectivity index (χ0n) is 15.2. The van der Waals surface area contributed by atoms with Crippen molar-refractivity contribution < 1.29 is 0 Å². The van der Waals surface area contributed by atoms with Crippen LogP contribution in [0, 0.1) is 0 Å². The summed E-state index contributed by atoms with van der Waals surface area (Å²) in [6.45, 7) is 7.78. The summed E-state index contributed by atoms with van der Waals surface area (Å²) >= 11 is 0. The van der Waals surface area contributed by atoms with Crippen molar-refractivity contribution in [3.63, 3.8) is 0 Å². The van der Waals surface area contributed by atoms with Crippen molar-refractivity contribution in [1.29, 1.82) is 0 Å². The van der Waals surface area contributed by atoms with Gasteiger partial charge < -0.3 is 4.57 Å². The fourth-order valence-corrected chi connectivity index (χ4v) is 4.41. The summed E-state index contributed by atoms with van der Waals surface area (Å²) in [6.07, 6.45) is 7.52.